The molecule has 0 spiro atoms. The summed E-state index contributed by atoms with van der Waals surface area (Å²) in [6.07, 6.45) is 5.90. The van der Waals surface area contributed by atoms with E-state index in [1.807, 2.05) is 58.3 Å². The number of benzene rings is 1. The number of aromatic nitrogens is 3. The van der Waals surface area contributed by atoms with Crippen molar-refractivity contribution in [3.05, 3.63) is 70.7 Å². The second-order valence-electron chi connectivity index (χ2n) is 5.58. The predicted molar refractivity (Wildman–Crippen MR) is 94.4 cm³/mol. The third kappa shape index (κ3) is 4.29. The topological polar surface area (TPSA) is 51.0 Å². The number of hydrogen-bond acceptors (Lipinski definition) is 4. The first kappa shape index (κ1) is 16.4. The monoisotopic (exact) mass is 340 g/mol. The van der Waals surface area contributed by atoms with Gasteiger partial charge < -0.3 is 9.47 Å². The second-order valence-corrected chi connectivity index (χ2v) is 6.56. The molecule has 124 valence electrons. The van der Waals surface area contributed by atoms with Gasteiger partial charge in [-0.3, -0.25) is 4.79 Å². The largest absolute Gasteiger partial charge is 0.335 e. The molecule has 6 heteroatoms. The van der Waals surface area contributed by atoms with E-state index in [-0.39, 0.29) is 5.91 Å². The lowest BCUT2D eigenvalue weighted by molar-refractivity contribution is -0.132. The number of carbonyl (C=O) groups excluding carboxylic acids is 1. The zero-order valence-corrected chi connectivity index (χ0v) is 14.4. The molecular formula is C18H20N4OS. The number of hydrogen-bond donors (Lipinski definition) is 0. The van der Waals surface area contributed by atoms with Crippen LogP contribution in [0.15, 0.2) is 54.3 Å². The van der Waals surface area contributed by atoms with Crippen molar-refractivity contribution in [3.8, 4) is 0 Å². The van der Waals surface area contributed by atoms with Crippen LogP contribution in [0, 0.1) is 6.92 Å². The molecule has 1 aromatic carbocycles. The molecule has 2 heterocycles. The molecule has 0 radical (unpaired) electrons. The van der Waals surface area contributed by atoms with Crippen LogP contribution in [0.3, 0.4) is 0 Å². The van der Waals surface area contributed by atoms with Crippen molar-refractivity contribution in [2.75, 3.05) is 0 Å². The molecule has 0 atom stereocenters. The van der Waals surface area contributed by atoms with Crippen LogP contribution in [0.4, 0.5) is 0 Å². The van der Waals surface area contributed by atoms with Crippen molar-refractivity contribution in [1.82, 2.24) is 19.4 Å². The number of amides is 1. The molecule has 0 saturated carbocycles. The summed E-state index contributed by atoms with van der Waals surface area (Å²) < 4.78 is 2.00. The summed E-state index contributed by atoms with van der Waals surface area (Å²) in [7, 11) is 0. The number of thiazole rings is 1. The van der Waals surface area contributed by atoms with Crippen molar-refractivity contribution in [3.63, 3.8) is 0 Å². The lowest BCUT2D eigenvalue weighted by Crippen LogP contribution is -2.30. The Hall–Kier alpha value is -2.47. The fraction of sp³-hybridized carbons (Fsp3) is 0.278. The Kier molecular flexibility index (Phi) is 5.38. The lowest BCUT2D eigenvalue weighted by Gasteiger charge is -2.22. The highest BCUT2D eigenvalue weighted by atomic mass is 32.1. The molecule has 0 bridgehead atoms. The summed E-state index contributed by atoms with van der Waals surface area (Å²) in [6.45, 7) is 3.74. The molecule has 0 aliphatic rings. The first-order valence-corrected chi connectivity index (χ1v) is 8.78. The molecule has 5 nitrogen and oxygen atoms in total. The van der Waals surface area contributed by atoms with Crippen LogP contribution >= 0.6 is 11.3 Å². The Balaban J connectivity index is 1.68. The summed E-state index contributed by atoms with van der Waals surface area (Å²) in [5, 5.41) is 2.90. The summed E-state index contributed by atoms with van der Waals surface area (Å²) >= 11 is 1.58. The van der Waals surface area contributed by atoms with Crippen molar-refractivity contribution < 1.29 is 4.79 Å². The normalized spacial score (nSPS) is 10.7. The van der Waals surface area contributed by atoms with E-state index in [0.29, 0.717) is 26.1 Å². The van der Waals surface area contributed by atoms with Crippen LogP contribution < -0.4 is 0 Å². The third-order valence-corrected chi connectivity index (χ3v) is 4.63. The first-order valence-electron chi connectivity index (χ1n) is 7.90. The van der Waals surface area contributed by atoms with Crippen molar-refractivity contribution in [2.24, 2.45) is 0 Å². The minimum Gasteiger partial charge on any atom is -0.335 e. The zero-order valence-electron chi connectivity index (χ0n) is 13.6. The van der Waals surface area contributed by atoms with Crippen LogP contribution in [0.5, 0.6) is 0 Å². The average Bonchev–Trinajstić information content (AvgIpc) is 3.25. The van der Waals surface area contributed by atoms with Crippen LogP contribution in [0.2, 0.25) is 0 Å². The Morgan fingerprint density at radius 2 is 2.00 bits per heavy atom. The van der Waals surface area contributed by atoms with Gasteiger partial charge in [-0.1, -0.05) is 30.3 Å². The van der Waals surface area contributed by atoms with Gasteiger partial charge in [0.15, 0.2) is 0 Å². The van der Waals surface area contributed by atoms with Gasteiger partial charge in [0.1, 0.15) is 10.8 Å². The molecule has 0 aliphatic carbocycles. The maximum Gasteiger partial charge on any atom is 0.225 e. The highest BCUT2D eigenvalue weighted by Gasteiger charge is 2.16. The predicted octanol–water partition coefficient (Wildman–Crippen LogP) is 3.27. The highest BCUT2D eigenvalue weighted by molar-refractivity contribution is 7.09. The molecular weight excluding hydrogens is 320 g/mol. The van der Waals surface area contributed by atoms with Crippen LogP contribution in [0.25, 0.3) is 0 Å². The second kappa shape index (κ2) is 7.88. The summed E-state index contributed by atoms with van der Waals surface area (Å²) in [5.41, 5.74) is 1.13. The zero-order chi connectivity index (χ0) is 16.8. The molecule has 1 amide bonds. The van der Waals surface area contributed by atoms with Crippen molar-refractivity contribution >= 4 is 17.2 Å². The molecule has 0 saturated heterocycles. The summed E-state index contributed by atoms with van der Waals surface area (Å²) in [6, 6.07) is 10.1. The maximum atomic E-state index is 12.7. The molecule has 0 unspecified atom stereocenters. The average molecular weight is 340 g/mol. The smallest absolute Gasteiger partial charge is 0.225 e. The van der Waals surface area contributed by atoms with Gasteiger partial charge in [-0.2, -0.15) is 0 Å². The van der Waals surface area contributed by atoms with Gasteiger partial charge in [0, 0.05) is 43.5 Å². The van der Waals surface area contributed by atoms with Crippen LogP contribution in [-0.2, 0) is 24.4 Å². The molecule has 3 rings (SSSR count). The molecule has 0 N–H and O–H groups in total. The van der Waals surface area contributed by atoms with Gasteiger partial charge in [0.2, 0.25) is 5.91 Å². The van der Waals surface area contributed by atoms with E-state index >= 15 is 0 Å². The highest BCUT2D eigenvalue weighted by Crippen LogP contribution is 2.14. The minimum atomic E-state index is 0.127. The molecule has 0 fully saturated rings. The maximum absolute atomic E-state index is 12.7. The minimum absolute atomic E-state index is 0.127. The number of nitrogens with zero attached hydrogens (tertiary/aromatic N) is 4. The Morgan fingerprint density at radius 3 is 2.67 bits per heavy atom. The number of carbonyl (C=O) groups is 1. The van der Waals surface area contributed by atoms with Crippen molar-refractivity contribution in [1.29, 1.82) is 0 Å². The molecule has 24 heavy (non-hydrogen) atoms. The quantitative estimate of drug-likeness (QED) is 0.663. The van der Waals surface area contributed by atoms with E-state index < -0.39 is 0 Å². The van der Waals surface area contributed by atoms with Gasteiger partial charge in [0.25, 0.3) is 0 Å². The first-order chi connectivity index (χ1) is 11.7. The van der Waals surface area contributed by atoms with E-state index in [9.17, 15) is 4.79 Å². The lowest BCUT2D eigenvalue weighted by atomic mass is 10.2. The van der Waals surface area contributed by atoms with E-state index in [4.69, 9.17) is 0 Å². The van der Waals surface area contributed by atoms with Gasteiger partial charge in [-0.15, -0.1) is 11.3 Å². The third-order valence-electron chi connectivity index (χ3n) is 3.87. The SMILES string of the molecule is Cc1nccn1CCC(=O)N(Cc1ccccc1)Cc1nccs1. The number of rotatable bonds is 7. The van der Waals surface area contributed by atoms with E-state index in [0.717, 1.165) is 16.4 Å². The Morgan fingerprint density at radius 1 is 1.17 bits per heavy atom. The van der Waals surface area contributed by atoms with E-state index in [1.165, 1.54) is 0 Å². The Bertz CT molecular complexity index is 767. The van der Waals surface area contributed by atoms with Crippen LogP contribution in [0.1, 0.15) is 22.8 Å². The molecule has 3 aromatic rings. The van der Waals surface area contributed by atoms with Gasteiger partial charge in [0.05, 0.1) is 6.54 Å². The van der Waals surface area contributed by atoms with Crippen LogP contribution in [-0.4, -0.2) is 25.3 Å². The number of aryl methyl sites for hydroxylation is 2. The van der Waals surface area contributed by atoms with E-state index in [2.05, 4.69) is 9.97 Å². The summed E-state index contributed by atoms with van der Waals surface area (Å²) in [4.78, 5) is 23.1. The Labute approximate surface area is 145 Å². The fourth-order valence-electron chi connectivity index (χ4n) is 2.54. The standard InChI is InChI=1S/C18H20N4OS/c1-15-19-8-11-21(15)10-7-18(23)22(14-17-20-9-12-24-17)13-16-5-3-2-4-6-16/h2-6,8-9,11-12H,7,10,13-14H2,1H3. The van der Waals surface area contributed by atoms with Gasteiger partial charge in [-0.25, -0.2) is 9.97 Å². The number of imidazole rings is 1. The fourth-order valence-corrected chi connectivity index (χ4v) is 3.18. The summed E-state index contributed by atoms with van der Waals surface area (Å²) in [5.74, 6) is 1.06. The van der Waals surface area contributed by atoms with Crippen molar-refractivity contribution in [2.45, 2.75) is 33.0 Å². The van der Waals surface area contributed by atoms with E-state index in [1.54, 1.807) is 23.7 Å². The molecule has 2 aromatic heterocycles. The molecule has 0 aliphatic heterocycles. The van der Waals surface area contributed by atoms with Gasteiger partial charge in [-0.05, 0) is 12.5 Å². The van der Waals surface area contributed by atoms with Gasteiger partial charge >= 0.3 is 0 Å².